The second kappa shape index (κ2) is 9.27. The summed E-state index contributed by atoms with van der Waals surface area (Å²) in [5.74, 6) is 0.0715. The van der Waals surface area contributed by atoms with Crippen molar-refractivity contribution in [3.05, 3.63) is 52.6 Å². The van der Waals surface area contributed by atoms with Crippen molar-refractivity contribution in [2.24, 2.45) is 0 Å². The first-order chi connectivity index (χ1) is 16.2. The average Bonchev–Trinajstić information content (AvgIpc) is 3.44. The Bertz CT molecular complexity index is 1340. The standard InChI is InChI=1S/C20H17ClF3N7O3/c1-9(28-19(33)16-15(21)18(25-4-5-32)27-8-26-16)14-7-13(31-34-14)17-29-11-3-2-10(20(22,23)24)6-12(11)30-17/h2-3,6-9,32H,4-5H2,1H3,(H,28,33)(H,29,30)(H,25,26,27). The third kappa shape index (κ3) is 4.79. The predicted molar refractivity (Wildman–Crippen MR) is 115 cm³/mol. The predicted octanol–water partition coefficient (Wildman–Crippen LogP) is 3.58. The Morgan fingerprint density at radius 3 is 2.82 bits per heavy atom. The molecule has 0 aliphatic heterocycles. The van der Waals surface area contributed by atoms with Gasteiger partial charge in [0.15, 0.2) is 17.3 Å². The van der Waals surface area contributed by atoms with E-state index in [0.717, 1.165) is 18.5 Å². The minimum Gasteiger partial charge on any atom is -0.395 e. The maximum Gasteiger partial charge on any atom is 0.416 e. The highest BCUT2D eigenvalue weighted by Crippen LogP contribution is 2.32. The van der Waals surface area contributed by atoms with Crippen molar-refractivity contribution in [2.75, 3.05) is 18.5 Å². The summed E-state index contributed by atoms with van der Waals surface area (Å²) in [6, 6.07) is 4.02. The Hall–Kier alpha value is -3.71. The Labute approximate surface area is 194 Å². The van der Waals surface area contributed by atoms with Crippen LogP contribution < -0.4 is 10.6 Å². The van der Waals surface area contributed by atoms with Gasteiger partial charge in [-0.15, -0.1) is 0 Å². The molecule has 0 bridgehead atoms. The Balaban J connectivity index is 1.51. The smallest absolute Gasteiger partial charge is 0.395 e. The van der Waals surface area contributed by atoms with Gasteiger partial charge in [0.1, 0.15) is 22.9 Å². The van der Waals surface area contributed by atoms with Gasteiger partial charge in [0.05, 0.1) is 29.2 Å². The van der Waals surface area contributed by atoms with E-state index < -0.39 is 23.7 Å². The normalized spacial score (nSPS) is 12.6. The molecule has 0 aliphatic carbocycles. The molecule has 1 aromatic carbocycles. The molecule has 10 nitrogen and oxygen atoms in total. The Morgan fingerprint density at radius 1 is 1.29 bits per heavy atom. The zero-order chi connectivity index (χ0) is 24.5. The van der Waals surface area contributed by atoms with Gasteiger partial charge in [-0.3, -0.25) is 4.79 Å². The SMILES string of the molecule is CC(NC(=O)c1ncnc(NCCO)c1Cl)c1cc(-c2nc3ccc(C(F)(F)F)cc3[nH]2)no1. The fourth-order valence-corrected chi connectivity index (χ4v) is 3.32. The first-order valence-corrected chi connectivity index (χ1v) is 10.2. The summed E-state index contributed by atoms with van der Waals surface area (Å²) in [5.41, 5.74) is -0.110. The molecule has 0 fully saturated rings. The number of fused-ring (bicyclic) bond motifs is 1. The van der Waals surface area contributed by atoms with Crippen LogP contribution in [0.4, 0.5) is 19.0 Å². The maximum absolute atomic E-state index is 12.9. The van der Waals surface area contributed by atoms with Gasteiger partial charge in [-0.1, -0.05) is 16.8 Å². The van der Waals surface area contributed by atoms with Crippen LogP contribution in [0.2, 0.25) is 5.02 Å². The molecule has 14 heteroatoms. The number of benzene rings is 1. The van der Waals surface area contributed by atoms with Crippen LogP contribution in [0.1, 0.15) is 34.8 Å². The molecular weight excluding hydrogens is 479 g/mol. The van der Waals surface area contributed by atoms with Gasteiger partial charge in [0.2, 0.25) is 0 Å². The second-order valence-corrected chi connectivity index (χ2v) is 7.54. The number of nitrogens with zero attached hydrogens (tertiary/aromatic N) is 4. The van der Waals surface area contributed by atoms with Crippen LogP contribution in [0.5, 0.6) is 0 Å². The lowest BCUT2D eigenvalue weighted by molar-refractivity contribution is -0.137. The van der Waals surface area contributed by atoms with E-state index in [1.165, 1.54) is 12.1 Å². The number of aromatic amines is 1. The molecule has 178 valence electrons. The van der Waals surface area contributed by atoms with Crippen LogP contribution >= 0.6 is 11.6 Å². The van der Waals surface area contributed by atoms with Gasteiger partial charge in [-0.05, 0) is 25.1 Å². The minimum atomic E-state index is -4.48. The number of hydrogen-bond acceptors (Lipinski definition) is 8. The summed E-state index contributed by atoms with van der Waals surface area (Å²) in [6.45, 7) is 1.67. The van der Waals surface area contributed by atoms with Crippen LogP contribution in [-0.4, -0.2) is 49.3 Å². The lowest BCUT2D eigenvalue weighted by Crippen LogP contribution is -2.28. The Morgan fingerprint density at radius 2 is 2.09 bits per heavy atom. The van der Waals surface area contributed by atoms with Crippen LogP contribution in [0, 0.1) is 0 Å². The summed E-state index contributed by atoms with van der Waals surface area (Å²) < 4.78 is 44.1. The van der Waals surface area contributed by atoms with Crippen molar-refractivity contribution in [1.82, 2.24) is 30.4 Å². The lowest BCUT2D eigenvalue weighted by atomic mass is 10.2. The summed E-state index contributed by atoms with van der Waals surface area (Å²) in [4.78, 5) is 27.5. The molecule has 1 unspecified atom stereocenters. The van der Waals surface area contributed by atoms with Crippen molar-refractivity contribution in [3.8, 4) is 11.5 Å². The van der Waals surface area contributed by atoms with E-state index in [-0.39, 0.29) is 52.5 Å². The number of alkyl halides is 3. The molecule has 34 heavy (non-hydrogen) atoms. The van der Waals surface area contributed by atoms with Gasteiger partial charge >= 0.3 is 6.18 Å². The number of rotatable bonds is 7. The lowest BCUT2D eigenvalue weighted by Gasteiger charge is -2.12. The average molecular weight is 496 g/mol. The topological polar surface area (TPSA) is 142 Å². The number of amides is 1. The van der Waals surface area contributed by atoms with Gasteiger partial charge in [0, 0.05) is 12.6 Å². The molecule has 0 aliphatic rings. The number of aliphatic hydroxyl groups excluding tert-OH is 1. The first-order valence-electron chi connectivity index (χ1n) is 9.87. The first kappa shape index (κ1) is 23.4. The summed E-state index contributed by atoms with van der Waals surface area (Å²) in [7, 11) is 0. The van der Waals surface area contributed by atoms with Crippen molar-refractivity contribution in [2.45, 2.75) is 19.1 Å². The highest BCUT2D eigenvalue weighted by molar-refractivity contribution is 6.35. The summed E-state index contributed by atoms with van der Waals surface area (Å²) >= 11 is 6.18. The van der Waals surface area contributed by atoms with Crippen LogP contribution in [0.25, 0.3) is 22.6 Å². The third-order valence-corrected chi connectivity index (χ3v) is 5.12. The van der Waals surface area contributed by atoms with Crippen LogP contribution in [0.15, 0.2) is 35.1 Å². The number of H-pyrrole nitrogens is 1. The number of carbonyl (C=O) groups excluding carboxylic acids is 1. The minimum absolute atomic E-state index is 0.0144. The molecule has 1 atom stereocenters. The third-order valence-electron chi connectivity index (χ3n) is 4.76. The van der Waals surface area contributed by atoms with Crippen molar-refractivity contribution < 1.29 is 27.6 Å². The molecule has 3 aromatic heterocycles. The zero-order valence-corrected chi connectivity index (χ0v) is 18.2. The largest absolute Gasteiger partial charge is 0.416 e. The van der Waals surface area contributed by atoms with Crippen LogP contribution in [-0.2, 0) is 6.18 Å². The molecule has 0 saturated heterocycles. The molecule has 4 rings (SSSR count). The number of anilines is 1. The number of imidazole rings is 1. The Kier molecular flexibility index (Phi) is 6.39. The quantitative estimate of drug-likeness (QED) is 0.305. The molecular formula is C20H17ClF3N7O3. The van der Waals surface area contributed by atoms with E-state index in [2.05, 4.69) is 35.7 Å². The second-order valence-electron chi connectivity index (χ2n) is 7.16. The van der Waals surface area contributed by atoms with Crippen molar-refractivity contribution >= 4 is 34.4 Å². The fourth-order valence-electron chi connectivity index (χ4n) is 3.07. The monoisotopic (exact) mass is 495 g/mol. The maximum atomic E-state index is 12.9. The van der Waals surface area contributed by atoms with E-state index >= 15 is 0 Å². The molecule has 0 spiro atoms. The highest BCUT2D eigenvalue weighted by atomic mass is 35.5. The van der Waals surface area contributed by atoms with Gasteiger partial charge in [0.25, 0.3) is 5.91 Å². The van der Waals surface area contributed by atoms with E-state index in [0.29, 0.717) is 5.52 Å². The molecule has 0 saturated carbocycles. The van der Waals surface area contributed by atoms with E-state index in [1.54, 1.807) is 6.92 Å². The molecule has 1 amide bonds. The van der Waals surface area contributed by atoms with Gasteiger partial charge < -0.3 is 25.2 Å². The number of aliphatic hydroxyl groups is 1. The highest BCUT2D eigenvalue weighted by Gasteiger charge is 2.31. The summed E-state index contributed by atoms with van der Waals surface area (Å²) in [5, 5.41) is 18.2. The van der Waals surface area contributed by atoms with E-state index in [1.807, 2.05) is 0 Å². The molecule has 4 N–H and O–H groups in total. The number of nitrogens with one attached hydrogen (secondary N) is 3. The number of halogens is 4. The number of aromatic nitrogens is 5. The van der Waals surface area contributed by atoms with Crippen LogP contribution in [0.3, 0.4) is 0 Å². The molecule has 3 heterocycles. The van der Waals surface area contributed by atoms with E-state index in [9.17, 15) is 18.0 Å². The number of carbonyl (C=O) groups is 1. The fraction of sp³-hybridized carbons (Fsp3) is 0.250. The van der Waals surface area contributed by atoms with Gasteiger partial charge in [-0.2, -0.15) is 13.2 Å². The molecule has 0 radical (unpaired) electrons. The van der Waals surface area contributed by atoms with Gasteiger partial charge in [-0.25, -0.2) is 15.0 Å². The summed E-state index contributed by atoms with van der Waals surface area (Å²) in [6.07, 6.45) is -3.32. The number of hydrogen-bond donors (Lipinski definition) is 4. The van der Waals surface area contributed by atoms with Crippen molar-refractivity contribution in [3.63, 3.8) is 0 Å². The zero-order valence-electron chi connectivity index (χ0n) is 17.4. The molecule has 4 aromatic rings. The van der Waals surface area contributed by atoms with Crippen molar-refractivity contribution in [1.29, 1.82) is 0 Å². The van der Waals surface area contributed by atoms with E-state index in [4.69, 9.17) is 21.2 Å².